The molecule has 0 N–H and O–H groups in total. The molecule has 19 heavy (non-hydrogen) atoms. The van der Waals surface area contributed by atoms with Crippen LogP contribution in [0.2, 0.25) is 0 Å². The maximum absolute atomic E-state index is 12.4. The van der Waals surface area contributed by atoms with Gasteiger partial charge in [0.25, 0.3) is 0 Å². The number of carbonyl (C=O) groups excluding carboxylic acids is 3. The second kappa shape index (κ2) is 7.26. The molecule has 1 saturated heterocycles. The molecule has 0 aromatic rings. The molecule has 0 bridgehead atoms. The van der Waals surface area contributed by atoms with Gasteiger partial charge in [0.1, 0.15) is 6.29 Å². The summed E-state index contributed by atoms with van der Waals surface area (Å²) in [6.45, 7) is 4.51. The van der Waals surface area contributed by atoms with Crippen molar-refractivity contribution in [2.75, 3.05) is 13.7 Å². The Kier molecular flexibility index (Phi) is 5.99. The van der Waals surface area contributed by atoms with Crippen LogP contribution in [-0.2, 0) is 19.1 Å². The van der Waals surface area contributed by atoms with Crippen LogP contribution in [0.3, 0.4) is 0 Å². The number of aldehydes is 1. The molecule has 0 aromatic carbocycles. The van der Waals surface area contributed by atoms with Crippen LogP contribution in [0.15, 0.2) is 0 Å². The SMILES string of the molecule is CCC[C@H]1CN([C@H](C=O)CC)C(=O)C1CC(=O)OC. The summed E-state index contributed by atoms with van der Waals surface area (Å²) in [5, 5.41) is 0. The Balaban J connectivity index is 2.84. The summed E-state index contributed by atoms with van der Waals surface area (Å²) in [6, 6.07) is -0.366. The molecular formula is C14H23NO4. The van der Waals surface area contributed by atoms with Crippen LogP contribution in [0.25, 0.3) is 0 Å². The van der Waals surface area contributed by atoms with Gasteiger partial charge in [-0.15, -0.1) is 0 Å². The molecule has 1 aliphatic heterocycles. The van der Waals surface area contributed by atoms with E-state index < -0.39 is 0 Å². The fraction of sp³-hybridized carbons (Fsp3) is 0.786. The number of hydrogen-bond acceptors (Lipinski definition) is 4. The van der Waals surface area contributed by atoms with Crippen molar-refractivity contribution in [1.29, 1.82) is 0 Å². The number of hydrogen-bond donors (Lipinski definition) is 0. The first kappa shape index (κ1) is 15.7. The van der Waals surface area contributed by atoms with Crippen LogP contribution in [-0.4, -0.2) is 42.8 Å². The van der Waals surface area contributed by atoms with Gasteiger partial charge in [-0.1, -0.05) is 20.3 Å². The highest BCUT2D eigenvalue weighted by atomic mass is 16.5. The molecule has 0 aromatic heterocycles. The van der Waals surface area contributed by atoms with Gasteiger partial charge in [-0.05, 0) is 18.8 Å². The number of rotatable bonds is 7. The van der Waals surface area contributed by atoms with Crippen molar-refractivity contribution in [1.82, 2.24) is 4.90 Å². The standard InChI is InChI=1S/C14H23NO4/c1-4-6-10-8-15(11(5-2)9-16)14(18)12(10)7-13(17)19-3/h9-12H,4-8H2,1-3H3/t10-,11-,12?/m0/s1. The lowest BCUT2D eigenvalue weighted by molar-refractivity contribution is -0.145. The van der Waals surface area contributed by atoms with E-state index in [0.29, 0.717) is 13.0 Å². The fourth-order valence-corrected chi connectivity index (χ4v) is 2.75. The third-order valence-corrected chi connectivity index (χ3v) is 3.85. The van der Waals surface area contributed by atoms with E-state index >= 15 is 0 Å². The van der Waals surface area contributed by atoms with E-state index in [1.165, 1.54) is 7.11 Å². The van der Waals surface area contributed by atoms with Gasteiger partial charge in [0.2, 0.25) is 5.91 Å². The first-order valence-electron chi connectivity index (χ1n) is 6.91. The Morgan fingerprint density at radius 1 is 1.53 bits per heavy atom. The normalized spacial score (nSPS) is 24.4. The zero-order valence-corrected chi connectivity index (χ0v) is 11.9. The van der Waals surface area contributed by atoms with Crippen LogP contribution in [0.5, 0.6) is 0 Å². The predicted octanol–water partition coefficient (Wildman–Crippen LogP) is 1.40. The second-order valence-corrected chi connectivity index (χ2v) is 5.04. The van der Waals surface area contributed by atoms with Gasteiger partial charge in [0.15, 0.2) is 0 Å². The van der Waals surface area contributed by atoms with Crippen LogP contribution in [0.4, 0.5) is 0 Å². The summed E-state index contributed by atoms with van der Waals surface area (Å²) in [7, 11) is 1.33. The third-order valence-electron chi connectivity index (χ3n) is 3.85. The van der Waals surface area contributed by atoms with Gasteiger partial charge in [0, 0.05) is 6.54 Å². The number of nitrogens with zero attached hydrogens (tertiary/aromatic N) is 1. The van der Waals surface area contributed by atoms with E-state index in [1.807, 2.05) is 6.92 Å². The van der Waals surface area contributed by atoms with Crippen molar-refractivity contribution in [2.45, 2.75) is 45.6 Å². The summed E-state index contributed by atoms with van der Waals surface area (Å²) in [4.78, 5) is 36.4. The van der Waals surface area contributed by atoms with Crippen LogP contribution >= 0.6 is 0 Å². The zero-order chi connectivity index (χ0) is 14.4. The van der Waals surface area contributed by atoms with Crippen molar-refractivity contribution in [3.05, 3.63) is 0 Å². The van der Waals surface area contributed by atoms with Gasteiger partial charge >= 0.3 is 5.97 Å². The Morgan fingerprint density at radius 3 is 2.68 bits per heavy atom. The number of likely N-dealkylation sites (tertiary alicyclic amines) is 1. The first-order chi connectivity index (χ1) is 9.08. The zero-order valence-electron chi connectivity index (χ0n) is 11.9. The highest BCUT2D eigenvalue weighted by molar-refractivity contribution is 5.87. The number of ether oxygens (including phenoxy) is 1. The molecule has 0 radical (unpaired) electrons. The smallest absolute Gasteiger partial charge is 0.306 e. The van der Waals surface area contributed by atoms with Crippen molar-refractivity contribution in [3.63, 3.8) is 0 Å². The maximum Gasteiger partial charge on any atom is 0.306 e. The molecule has 1 rings (SSSR count). The molecule has 1 heterocycles. The molecule has 0 saturated carbocycles. The van der Waals surface area contributed by atoms with Gasteiger partial charge in [-0.25, -0.2) is 0 Å². The molecular weight excluding hydrogens is 246 g/mol. The molecule has 5 heteroatoms. The van der Waals surface area contributed by atoms with Crippen molar-refractivity contribution >= 4 is 18.2 Å². The Hall–Kier alpha value is -1.39. The maximum atomic E-state index is 12.4. The predicted molar refractivity (Wildman–Crippen MR) is 70.4 cm³/mol. The molecule has 5 nitrogen and oxygen atoms in total. The van der Waals surface area contributed by atoms with Crippen LogP contribution < -0.4 is 0 Å². The van der Waals surface area contributed by atoms with Crippen LogP contribution in [0.1, 0.15) is 39.5 Å². The summed E-state index contributed by atoms with van der Waals surface area (Å²) < 4.78 is 4.66. The van der Waals surface area contributed by atoms with Crippen LogP contribution in [0, 0.1) is 11.8 Å². The minimum Gasteiger partial charge on any atom is -0.469 e. The Bertz CT molecular complexity index is 342. The lowest BCUT2D eigenvalue weighted by Crippen LogP contribution is -2.38. The minimum atomic E-state index is -0.366. The number of amides is 1. The quantitative estimate of drug-likeness (QED) is 0.517. The monoisotopic (exact) mass is 269 g/mol. The van der Waals surface area contributed by atoms with Gasteiger partial charge < -0.3 is 14.4 Å². The fourth-order valence-electron chi connectivity index (χ4n) is 2.75. The average molecular weight is 269 g/mol. The van der Waals surface area contributed by atoms with Crippen molar-refractivity contribution in [2.24, 2.45) is 11.8 Å². The molecule has 3 atom stereocenters. The number of methoxy groups -OCH3 is 1. The van der Waals surface area contributed by atoms with E-state index in [9.17, 15) is 14.4 Å². The Morgan fingerprint density at radius 2 is 2.21 bits per heavy atom. The molecule has 1 aliphatic rings. The van der Waals surface area contributed by atoms with Gasteiger partial charge in [0.05, 0.1) is 25.5 Å². The summed E-state index contributed by atoms with van der Waals surface area (Å²) >= 11 is 0. The summed E-state index contributed by atoms with van der Waals surface area (Å²) in [6.07, 6.45) is 3.40. The highest BCUT2D eigenvalue weighted by Gasteiger charge is 2.43. The highest BCUT2D eigenvalue weighted by Crippen LogP contribution is 2.32. The van der Waals surface area contributed by atoms with E-state index in [1.54, 1.807) is 4.90 Å². The lowest BCUT2D eigenvalue weighted by atomic mass is 9.89. The van der Waals surface area contributed by atoms with Crippen molar-refractivity contribution < 1.29 is 19.1 Å². The average Bonchev–Trinajstić information content (AvgIpc) is 2.70. The molecule has 0 aliphatic carbocycles. The molecule has 1 fully saturated rings. The van der Waals surface area contributed by atoms with E-state index in [-0.39, 0.29) is 36.2 Å². The van der Waals surface area contributed by atoms with E-state index in [4.69, 9.17) is 0 Å². The van der Waals surface area contributed by atoms with Crippen molar-refractivity contribution in [3.8, 4) is 0 Å². The lowest BCUT2D eigenvalue weighted by Gasteiger charge is -2.22. The van der Waals surface area contributed by atoms with E-state index in [2.05, 4.69) is 11.7 Å². The number of esters is 1. The molecule has 1 amide bonds. The third kappa shape index (κ3) is 3.55. The number of carbonyl (C=O) groups is 3. The summed E-state index contributed by atoms with van der Waals surface area (Å²) in [5.41, 5.74) is 0. The van der Waals surface area contributed by atoms with Gasteiger partial charge in [-0.3, -0.25) is 9.59 Å². The largest absolute Gasteiger partial charge is 0.469 e. The topological polar surface area (TPSA) is 63.7 Å². The van der Waals surface area contributed by atoms with E-state index in [0.717, 1.165) is 19.1 Å². The minimum absolute atomic E-state index is 0.0807. The molecule has 0 spiro atoms. The molecule has 1 unspecified atom stereocenters. The second-order valence-electron chi connectivity index (χ2n) is 5.04. The summed E-state index contributed by atoms with van der Waals surface area (Å²) in [5.74, 6) is -0.629. The first-order valence-corrected chi connectivity index (χ1v) is 6.91. The molecule has 108 valence electrons. The Labute approximate surface area is 114 Å². The van der Waals surface area contributed by atoms with Gasteiger partial charge in [-0.2, -0.15) is 0 Å².